The molecule has 21 heteroatoms. The van der Waals surface area contributed by atoms with Gasteiger partial charge in [0.2, 0.25) is 0 Å². The normalized spacial score (nSPS) is 18.5. The topological polar surface area (TPSA) is 47.6 Å². The van der Waals surface area contributed by atoms with Crippen molar-refractivity contribution in [2.75, 3.05) is 6.54 Å². The van der Waals surface area contributed by atoms with Crippen LogP contribution >= 0.6 is 0 Å². The van der Waals surface area contributed by atoms with E-state index >= 15 is 0 Å². The Morgan fingerprint density at radius 2 is 1.06 bits per heavy atom. The van der Waals surface area contributed by atoms with Gasteiger partial charge in [-0.25, -0.2) is 0 Å². The maximum atomic E-state index is 13.9. The summed E-state index contributed by atoms with van der Waals surface area (Å²) >= 11 is 0. The van der Waals surface area contributed by atoms with E-state index in [1.165, 1.54) is 4.74 Å². The first-order chi connectivity index (χ1) is 14.1. The zero-order chi connectivity index (χ0) is 27.1. The second-order valence-electron chi connectivity index (χ2n) is 5.75. The van der Waals surface area contributed by atoms with E-state index in [1.54, 1.807) is 0 Å². The van der Waals surface area contributed by atoms with E-state index in [9.17, 15) is 79.4 Å². The quantitative estimate of drug-likeness (QED) is 0.402. The van der Waals surface area contributed by atoms with Crippen LogP contribution in [0.25, 0.3) is 0 Å². The molecule has 0 aliphatic rings. The molecule has 0 heterocycles. The second-order valence-corrected chi connectivity index (χ2v) is 5.75. The van der Waals surface area contributed by atoms with Crippen LogP contribution in [0.3, 0.4) is 0 Å². The molecule has 0 aromatic rings. The van der Waals surface area contributed by atoms with Crippen LogP contribution in [-0.2, 0) is 14.3 Å². The second kappa shape index (κ2) is 8.77. The molecule has 0 radical (unpaired) electrons. The number of carbonyl (C=O) groups excluding carboxylic acids is 1. The Morgan fingerprint density at radius 3 is 1.36 bits per heavy atom. The zero-order valence-electron chi connectivity index (χ0n) is 15.1. The van der Waals surface area contributed by atoms with Crippen LogP contribution in [-0.4, -0.2) is 60.8 Å². The van der Waals surface area contributed by atoms with Crippen LogP contribution in [0.4, 0.5) is 74.6 Å². The summed E-state index contributed by atoms with van der Waals surface area (Å²) in [5.41, 5.74) is 0. The molecule has 0 aliphatic carbocycles. The third kappa shape index (κ3) is 5.65. The lowest BCUT2D eigenvalue weighted by Crippen LogP contribution is -2.68. The van der Waals surface area contributed by atoms with Gasteiger partial charge in [-0.2, -0.15) is 74.6 Å². The summed E-state index contributed by atoms with van der Waals surface area (Å²) in [4.78, 5) is 11.2. The monoisotopic (exact) mass is 537 g/mol. The predicted molar refractivity (Wildman–Crippen MR) is 66.2 cm³/mol. The van der Waals surface area contributed by atoms with Crippen molar-refractivity contribution >= 4 is 5.91 Å². The summed E-state index contributed by atoms with van der Waals surface area (Å²) in [6.45, 7) is 0.0398. The highest BCUT2D eigenvalue weighted by atomic mass is 19.4. The number of halogens is 17. The van der Waals surface area contributed by atoms with Crippen LogP contribution in [0.15, 0.2) is 0 Å². The number of rotatable bonds is 9. The number of alkyl halides is 17. The standard InChI is InChI=1S/C12H8F17NO3/c1-2-3-30-4(31)5(13,8(17,18)19)32-12(28,29)7(16,10(23,24)25)33-11(26,27)6(14,15)9(20,21)22/h2-3H2,1H3,(H,30,31). The van der Waals surface area contributed by atoms with Crippen molar-refractivity contribution in [1.29, 1.82) is 0 Å². The molecule has 1 amide bonds. The van der Waals surface area contributed by atoms with Crippen LogP contribution < -0.4 is 5.32 Å². The number of nitrogens with one attached hydrogen (secondary N) is 1. The molecule has 0 aromatic heterocycles. The van der Waals surface area contributed by atoms with E-state index in [1.807, 2.05) is 4.74 Å². The number of carbonyl (C=O) groups is 1. The zero-order valence-corrected chi connectivity index (χ0v) is 15.1. The van der Waals surface area contributed by atoms with Crippen LogP contribution in [0.1, 0.15) is 13.3 Å². The lowest BCUT2D eigenvalue weighted by atomic mass is 10.2. The Labute approximate surface area is 170 Å². The summed E-state index contributed by atoms with van der Waals surface area (Å²) in [5, 5.41) is 0.831. The van der Waals surface area contributed by atoms with Gasteiger partial charge in [-0.15, -0.1) is 0 Å². The fourth-order valence-corrected chi connectivity index (χ4v) is 1.52. The molecular formula is C12H8F17NO3. The lowest BCUT2D eigenvalue weighted by molar-refractivity contribution is -0.548. The Kier molecular flexibility index (Phi) is 8.29. The molecule has 0 aliphatic heterocycles. The van der Waals surface area contributed by atoms with Crippen molar-refractivity contribution in [2.24, 2.45) is 0 Å². The van der Waals surface area contributed by atoms with E-state index in [4.69, 9.17) is 0 Å². The Bertz CT molecular complexity index is 699. The minimum Gasteiger partial charge on any atom is -0.351 e. The van der Waals surface area contributed by atoms with Crippen molar-refractivity contribution in [3.05, 3.63) is 0 Å². The molecule has 198 valence electrons. The van der Waals surface area contributed by atoms with Gasteiger partial charge in [0.25, 0.3) is 5.91 Å². The number of amides is 1. The highest BCUT2D eigenvalue weighted by Gasteiger charge is 2.85. The van der Waals surface area contributed by atoms with E-state index in [-0.39, 0.29) is 6.42 Å². The summed E-state index contributed by atoms with van der Waals surface area (Å²) < 4.78 is 222. The fraction of sp³-hybridized carbons (Fsp3) is 0.917. The fourth-order valence-electron chi connectivity index (χ4n) is 1.52. The van der Waals surface area contributed by atoms with E-state index < -0.39 is 60.8 Å². The minimum atomic E-state index is -8.01. The largest absolute Gasteiger partial charge is 0.462 e. The molecule has 0 fully saturated rings. The molecule has 0 aromatic carbocycles. The predicted octanol–water partition coefficient (Wildman–Crippen LogP) is 5.39. The van der Waals surface area contributed by atoms with Gasteiger partial charge in [-0.1, -0.05) is 6.92 Å². The SMILES string of the molecule is CCCNC(=O)C(F)(OC(F)(F)C(F)(OC(F)(F)C(F)(F)C(F)(F)F)C(F)(F)F)C(F)(F)F. The number of ether oxygens (including phenoxy) is 2. The number of hydrogen-bond acceptors (Lipinski definition) is 3. The van der Waals surface area contributed by atoms with Crippen LogP contribution in [0, 0.1) is 0 Å². The van der Waals surface area contributed by atoms with Gasteiger partial charge in [0.05, 0.1) is 0 Å². The van der Waals surface area contributed by atoms with Gasteiger partial charge in [-0.05, 0) is 6.42 Å². The smallest absolute Gasteiger partial charge is 0.351 e. The molecule has 1 N–H and O–H groups in total. The third-order valence-corrected chi connectivity index (χ3v) is 3.19. The first-order valence-electron chi connectivity index (χ1n) is 7.54. The third-order valence-electron chi connectivity index (χ3n) is 3.19. The average molecular weight is 537 g/mol. The molecular weight excluding hydrogens is 529 g/mol. The van der Waals surface area contributed by atoms with Gasteiger partial charge in [0, 0.05) is 6.54 Å². The van der Waals surface area contributed by atoms with Crippen LogP contribution in [0.2, 0.25) is 0 Å². The maximum Gasteiger partial charge on any atom is 0.462 e. The molecule has 0 spiro atoms. The van der Waals surface area contributed by atoms with Crippen molar-refractivity contribution in [2.45, 2.75) is 61.7 Å². The van der Waals surface area contributed by atoms with E-state index in [2.05, 4.69) is 0 Å². The summed E-state index contributed by atoms with van der Waals surface area (Å²) in [6, 6.07) is 0. The molecule has 4 nitrogen and oxygen atoms in total. The van der Waals surface area contributed by atoms with Gasteiger partial charge in [0.1, 0.15) is 0 Å². The van der Waals surface area contributed by atoms with E-state index in [0.29, 0.717) is 0 Å². The van der Waals surface area contributed by atoms with Crippen molar-refractivity contribution in [3.63, 3.8) is 0 Å². The Morgan fingerprint density at radius 1 is 0.636 bits per heavy atom. The molecule has 0 saturated heterocycles. The van der Waals surface area contributed by atoms with Crippen molar-refractivity contribution in [1.82, 2.24) is 5.32 Å². The lowest BCUT2D eigenvalue weighted by Gasteiger charge is -2.40. The molecule has 2 atom stereocenters. The molecule has 33 heavy (non-hydrogen) atoms. The highest BCUT2D eigenvalue weighted by Crippen LogP contribution is 2.56. The van der Waals surface area contributed by atoms with Gasteiger partial charge >= 0.3 is 48.4 Å². The first-order valence-corrected chi connectivity index (χ1v) is 7.54. The Balaban J connectivity index is 6.67. The maximum absolute atomic E-state index is 13.9. The number of hydrogen-bond donors (Lipinski definition) is 1. The van der Waals surface area contributed by atoms with Crippen molar-refractivity contribution in [3.8, 4) is 0 Å². The molecule has 0 bridgehead atoms. The van der Waals surface area contributed by atoms with E-state index in [0.717, 1.165) is 12.2 Å². The van der Waals surface area contributed by atoms with Gasteiger partial charge in [-0.3, -0.25) is 14.3 Å². The molecule has 0 rings (SSSR count). The molecule has 2 unspecified atom stereocenters. The highest BCUT2D eigenvalue weighted by molar-refractivity contribution is 5.84. The summed E-state index contributed by atoms with van der Waals surface area (Å²) in [6.07, 6.45) is -38.7. The summed E-state index contributed by atoms with van der Waals surface area (Å²) in [7, 11) is 0. The van der Waals surface area contributed by atoms with Crippen LogP contribution in [0.5, 0.6) is 0 Å². The van der Waals surface area contributed by atoms with Crippen molar-refractivity contribution < 1.29 is 88.9 Å². The summed E-state index contributed by atoms with van der Waals surface area (Å²) in [5.74, 6) is -25.9. The van der Waals surface area contributed by atoms with Gasteiger partial charge in [0.15, 0.2) is 0 Å². The average Bonchev–Trinajstić information content (AvgIpc) is 2.55. The Hall–Kier alpha value is -1.80. The first kappa shape index (κ1) is 31.2. The minimum absolute atomic E-state index is 0.381. The molecule has 0 saturated carbocycles. The van der Waals surface area contributed by atoms with Gasteiger partial charge < -0.3 is 5.32 Å².